The van der Waals surface area contributed by atoms with Crippen LogP contribution in [0.3, 0.4) is 0 Å². The Balaban J connectivity index is 1.43. The lowest BCUT2D eigenvalue weighted by Gasteiger charge is -2.20. The van der Waals surface area contributed by atoms with Crippen molar-refractivity contribution in [1.82, 2.24) is 20.4 Å². The van der Waals surface area contributed by atoms with Gasteiger partial charge in [-0.05, 0) is 37.0 Å². The van der Waals surface area contributed by atoms with Crippen molar-refractivity contribution >= 4 is 6.03 Å². The number of rotatable bonds is 6. The van der Waals surface area contributed by atoms with E-state index in [0.29, 0.717) is 6.54 Å². The third-order valence-electron chi connectivity index (χ3n) is 4.26. The van der Waals surface area contributed by atoms with Gasteiger partial charge in [0.05, 0.1) is 18.7 Å². The second-order valence-corrected chi connectivity index (χ2v) is 6.19. The van der Waals surface area contributed by atoms with E-state index in [1.807, 2.05) is 36.0 Å². The molecule has 2 amide bonds. The molecule has 0 spiro atoms. The number of benzene rings is 1. The quantitative estimate of drug-likeness (QED) is 0.855. The lowest BCUT2D eigenvalue weighted by molar-refractivity contribution is 0.0860. The van der Waals surface area contributed by atoms with Crippen LogP contribution in [0.2, 0.25) is 0 Å². The van der Waals surface area contributed by atoms with E-state index in [4.69, 9.17) is 4.74 Å². The van der Waals surface area contributed by atoms with Crippen LogP contribution in [0.15, 0.2) is 42.7 Å². The van der Waals surface area contributed by atoms with E-state index in [1.54, 1.807) is 6.20 Å². The summed E-state index contributed by atoms with van der Waals surface area (Å²) in [5, 5.41) is 10.0. The van der Waals surface area contributed by atoms with Crippen LogP contribution >= 0.6 is 0 Å². The molecule has 1 fully saturated rings. The summed E-state index contributed by atoms with van der Waals surface area (Å²) in [6, 6.07) is 9.97. The molecule has 1 saturated heterocycles. The molecule has 0 unspecified atom stereocenters. The van der Waals surface area contributed by atoms with Gasteiger partial charge in [-0.2, -0.15) is 5.10 Å². The Bertz CT molecular complexity index is 634. The van der Waals surface area contributed by atoms with Crippen molar-refractivity contribution in [1.29, 1.82) is 0 Å². The van der Waals surface area contributed by atoms with Gasteiger partial charge >= 0.3 is 6.03 Å². The SMILES string of the molecule is C[C@H](NC(=O)NCc1ccc(Cn2cccn2)cc1)[C@@H]1CCCO1. The summed E-state index contributed by atoms with van der Waals surface area (Å²) in [5.41, 5.74) is 2.25. The molecule has 2 heterocycles. The Morgan fingerprint density at radius 3 is 2.83 bits per heavy atom. The fourth-order valence-corrected chi connectivity index (χ4v) is 2.87. The first-order valence-electron chi connectivity index (χ1n) is 8.42. The summed E-state index contributed by atoms with van der Waals surface area (Å²) in [7, 11) is 0. The number of nitrogens with one attached hydrogen (secondary N) is 2. The second kappa shape index (κ2) is 7.97. The van der Waals surface area contributed by atoms with E-state index >= 15 is 0 Å². The minimum Gasteiger partial charge on any atom is -0.376 e. The molecule has 0 radical (unpaired) electrons. The number of ether oxygens (including phenoxy) is 1. The first-order chi connectivity index (χ1) is 11.7. The zero-order chi connectivity index (χ0) is 16.8. The van der Waals surface area contributed by atoms with Crippen LogP contribution in [0.4, 0.5) is 4.79 Å². The van der Waals surface area contributed by atoms with E-state index in [0.717, 1.165) is 31.6 Å². The molecule has 6 heteroatoms. The highest BCUT2D eigenvalue weighted by Gasteiger charge is 2.23. The number of hydrogen-bond acceptors (Lipinski definition) is 3. The molecule has 0 aliphatic carbocycles. The van der Waals surface area contributed by atoms with Crippen LogP contribution in [0, 0.1) is 0 Å². The van der Waals surface area contributed by atoms with Gasteiger partial charge < -0.3 is 15.4 Å². The van der Waals surface area contributed by atoms with Gasteiger partial charge in [0.15, 0.2) is 0 Å². The molecule has 0 bridgehead atoms. The van der Waals surface area contributed by atoms with Crippen molar-refractivity contribution in [3.8, 4) is 0 Å². The molecule has 2 aromatic rings. The van der Waals surface area contributed by atoms with Crippen molar-refractivity contribution in [2.75, 3.05) is 6.61 Å². The molecule has 1 aliphatic heterocycles. The molecule has 1 aromatic carbocycles. The Labute approximate surface area is 142 Å². The topological polar surface area (TPSA) is 68.2 Å². The minimum absolute atomic E-state index is 0.0314. The van der Waals surface area contributed by atoms with Crippen LogP contribution in [-0.2, 0) is 17.8 Å². The molecule has 2 atom stereocenters. The number of carbonyl (C=O) groups excluding carboxylic acids is 1. The molecule has 3 rings (SSSR count). The van der Waals surface area contributed by atoms with Gasteiger partial charge in [0.25, 0.3) is 0 Å². The fourth-order valence-electron chi connectivity index (χ4n) is 2.87. The molecule has 0 saturated carbocycles. The first-order valence-corrected chi connectivity index (χ1v) is 8.42. The molecule has 6 nitrogen and oxygen atoms in total. The number of nitrogens with zero attached hydrogens (tertiary/aromatic N) is 2. The van der Waals surface area contributed by atoms with Gasteiger partial charge in [0, 0.05) is 25.5 Å². The Hall–Kier alpha value is -2.34. The molecular formula is C18H24N4O2. The van der Waals surface area contributed by atoms with Crippen LogP contribution in [-0.4, -0.2) is 34.6 Å². The number of hydrogen-bond donors (Lipinski definition) is 2. The lowest BCUT2D eigenvalue weighted by Crippen LogP contribution is -2.45. The van der Waals surface area contributed by atoms with Crippen molar-refractivity contribution in [2.24, 2.45) is 0 Å². The highest BCUT2D eigenvalue weighted by molar-refractivity contribution is 5.74. The molecule has 24 heavy (non-hydrogen) atoms. The Morgan fingerprint density at radius 1 is 1.38 bits per heavy atom. The summed E-state index contributed by atoms with van der Waals surface area (Å²) < 4.78 is 7.47. The van der Waals surface area contributed by atoms with Crippen LogP contribution < -0.4 is 10.6 Å². The van der Waals surface area contributed by atoms with E-state index in [-0.39, 0.29) is 18.2 Å². The highest BCUT2D eigenvalue weighted by atomic mass is 16.5. The van der Waals surface area contributed by atoms with E-state index in [2.05, 4.69) is 27.9 Å². The summed E-state index contributed by atoms with van der Waals surface area (Å²) in [6.45, 7) is 4.04. The smallest absolute Gasteiger partial charge is 0.315 e. The molecule has 128 valence electrons. The van der Waals surface area contributed by atoms with Gasteiger partial charge in [-0.3, -0.25) is 4.68 Å². The normalized spacial score (nSPS) is 18.3. The number of aromatic nitrogens is 2. The van der Waals surface area contributed by atoms with Crippen molar-refractivity contribution in [3.05, 3.63) is 53.9 Å². The summed E-state index contributed by atoms with van der Waals surface area (Å²) in [4.78, 5) is 12.0. The lowest BCUT2D eigenvalue weighted by atomic mass is 10.1. The molecular weight excluding hydrogens is 304 g/mol. The highest BCUT2D eigenvalue weighted by Crippen LogP contribution is 2.15. The fraction of sp³-hybridized carbons (Fsp3) is 0.444. The molecule has 1 aromatic heterocycles. The second-order valence-electron chi connectivity index (χ2n) is 6.19. The molecule has 1 aliphatic rings. The van der Waals surface area contributed by atoms with Crippen molar-refractivity contribution < 1.29 is 9.53 Å². The van der Waals surface area contributed by atoms with Gasteiger partial charge in [-0.25, -0.2) is 4.79 Å². The van der Waals surface area contributed by atoms with E-state index in [1.165, 1.54) is 5.56 Å². The van der Waals surface area contributed by atoms with Gasteiger partial charge in [0.2, 0.25) is 0 Å². The van der Waals surface area contributed by atoms with Crippen molar-refractivity contribution in [2.45, 2.75) is 45.0 Å². The summed E-state index contributed by atoms with van der Waals surface area (Å²) in [6.07, 6.45) is 5.93. The third kappa shape index (κ3) is 4.58. The maximum absolute atomic E-state index is 12.0. The number of amides is 2. The zero-order valence-corrected chi connectivity index (χ0v) is 13.9. The van der Waals surface area contributed by atoms with Crippen LogP contribution in [0.25, 0.3) is 0 Å². The van der Waals surface area contributed by atoms with Gasteiger partial charge in [-0.15, -0.1) is 0 Å². The third-order valence-corrected chi connectivity index (χ3v) is 4.26. The maximum Gasteiger partial charge on any atom is 0.315 e. The average molecular weight is 328 g/mol. The van der Waals surface area contributed by atoms with Crippen LogP contribution in [0.5, 0.6) is 0 Å². The largest absolute Gasteiger partial charge is 0.376 e. The number of urea groups is 1. The van der Waals surface area contributed by atoms with E-state index in [9.17, 15) is 4.79 Å². The predicted molar refractivity (Wildman–Crippen MR) is 91.6 cm³/mol. The average Bonchev–Trinajstić information content (AvgIpc) is 3.28. The molecule has 2 N–H and O–H groups in total. The Morgan fingerprint density at radius 2 is 2.17 bits per heavy atom. The van der Waals surface area contributed by atoms with Gasteiger partial charge in [-0.1, -0.05) is 24.3 Å². The maximum atomic E-state index is 12.0. The zero-order valence-electron chi connectivity index (χ0n) is 13.9. The number of carbonyl (C=O) groups is 1. The van der Waals surface area contributed by atoms with Crippen molar-refractivity contribution in [3.63, 3.8) is 0 Å². The minimum atomic E-state index is -0.154. The Kier molecular flexibility index (Phi) is 5.48. The summed E-state index contributed by atoms with van der Waals surface area (Å²) in [5.74, 6) is 0. The first kappa shape index (κ1) is 16.5. The monoisotopic (exact) mass is 328 g/mol. The predicted octanol–water partition coefficient (Wildman–Crippen LogP) is 2.30. The van der Waals surface area contributed by atoms with Gasteiger partial charge in [0.1, 0.15) is 0 Å². The summed E-state index contributed by atoms with van der Waals surface area (Å²) >= 11 is 0. The van der Waals surface area contributed by atoms with E-state index < -0.39 is 0 Å². The standard InChI is InChI=1S/C18H24N4O2/c1-14(17-4-2-11-24-17)21-18(23)19-12-15-5-7-16(8-6-15)13-22-10-3-9-20-22/h3,5-10,14,17H,2,4,11-13H2,1H3,(H2,19,21,23)/t14-,17-/m0/s1. The van der Waals surface area contributed by atoms with Crippen LogP contribution in [0.1, 0.15) is 30.9 Å².